The molecule has 1 unspecified atom stereocenters. The van der Waals surface area contributed by atoms with E-state index in [9.17, 15) is 9.59 Å². The number of rotatable bonds is 6. The molecule has 0 aliphatic rings. The van der Waals surface area contributed by atoms with E-state index in [1.165, 1.54) is 0 Å². The van der Waals surface area contributed by atoms with Crippen LogP contribution < -0.4 is 10.6 Å². The molecule has 3 aromatic rings. The summed E-state index contributed by atoms with van der Waals surface area (Å²) in [7, 11) is 0. The minimum Gasteiger partial charge on any atom is -0.341 e. The van der Waals surface area contributed by atoms with Crippen molar-refractivity contribution < 1.29 is 9.59 Å². The van der Waals surface area contributed by atoms with Crippen LogP contribution in [0.4, 0.5) is 5.69 Å². The summed E-state index contributed by atoms with van der Waals surface area (Å²) in [4.78, 5) is 29.6. The molecule has 0 saturated heterocycles. The van der Waals surface area contributed by atoms with Crippen LogP contribution in [0.3, 0.4) is 0 Å². The average molecular weight is 412 g/mol. The summed E-state index contributed by atoms with van der Waals surface area (Å²) >= 11 is 0. The third-order valence-electron chi connectivity index (χ3n) is 4.42. The van der Waals surface area contributed by atoms with E-state index >= 15 is 0 Å². The van der Waals surface area contributed by atoms with Gasteiger partial charge in [-0.25, -0.2) is 4.98 Å². The summed E-state index contributed by atoms with van der Waals surface area (Å²) in [6.45, 7) is 3.93. The number of nitrogens with one attached hydrogen (secondary N) is 2. The molecule has 0 radical (unpaired) electrons. The highest BCUT2D eigenvalue weighted by Crippen LogP contribution is 2.18. The van der Waals surface area contributed by atoms with Crippen molar-refractivity contribution in [3.05, 3.63) is 95.8 Å². The molecule has 0 bridgehead atoms. The van der Waals surface area contributed by atoms with E-state index in [0.717, 1.165) is 11.1 Å². The van der Waals surface area contributed by atoms with Crippen LogP contribution in [0.5, 0.6) is 0 Å². The van der Waals surface area contributed by atoms with Crippen LogP contribution in [0.1, 0.15) is 43.1 Å². The number of amides is 2. The molecule has 3 rings (SSSR count). The molecule has 1 atom stereocenters. The highest BCUT2D eigenvalue weighted by Gasteiger charge is 2.23. The second-order valence-corrected chi connectivity index (χ2v) is 7.54. The van der Waals surface area contributed by atoms with E-state index in [1.807, 2.05) is 74.5 Å². The third-order valence-corrected chi connectivity index (χ3v) is 4.42. The molecule has 0 spiro atoms. The van der Waals surface area contributed by atoms with Crippen LogP contribution >= 0.6 is 0 Å². The Morgan fingerprint density at radius 2 is 1.71 bits per heavy atom. The lowest BCUT2D eigenvalue weighted by Gasteiger charge is -2.19. The SMILES string of the molecule is CC(C)CC(=O)NC(C(=O)Nc1cccc(C#Cc2ccccn2)c1)c1ccccc1. The second-order valence-electron chi connectivity index (χ2n) is 7.54. The Hall–Kier alpha value is -3.91. The molecule has 5 heteroatoms. The fourth-order valence-corrected chi connectivity index (χ4v) is 3.00. The number of pyridine rings is 1. The van der Waals surface area contributed by atoms with Crippen LogP contribution in [-0.2, 0) is 9.59 Å². The molecule has 156 valence electrons. The largest absolute Gasteiger partial charge is 0.341 e. The lowest BCUT2D eigenvalue weighted by molar-refractivity contribution is -0.127. The summed E-state index contributed by atoms with van der Waals surface area (Å²) in [5.41, 5.74) is 2.76. The molecule has 0 aliphatic carbocycles. The molecule has 0 fully saturated rings. The second kappa shape index (κ2) is 10.7. The van der Waals surface area contributed by atoms with E-state index in [0.29, 0.717) is 17.8 Å². The molecule has 31 heavy (non-hydrogen) atoms. The minimum atomic E-state index is -0.782. The van der Waals surface area contributed by atoms with Crippen molar-refractivity contribution in [3.63, 3.8) is 0 Å². The first-order chi connectivity index (χ1) is 15.0. The van der Waals surface area contributed by atoms with Gasteiger partial charge in [-0.3, -0.25) is 9.59 Å². The Kier molecular flexibility index (Phi) is 7.56. The predicted octanol–water partition coefficient (Wildman–Crippen LogP) is 4.32. The van der Waals surface area contributed by atoms with Crippen molar-refractivity contribution in [3.8, 4) is 11.8 Å². The van der Waals surface area contributed by atoms with Crippen LogP contribution in [-0.4, -0.2) is 16.8 Å². The van der Waals surface area contributed by atoms with E-state index in [-0.39, 0.29) is 17.7 Å². The van der Waals surface area contributed by atoms with Gasteiger partial charge in [0.2, 0.25) is 5.91 Å². The quantitative estimate of drug-likeness (QED) is 0.594. The van der Waals surface area contributed by atoms with Gasteiger partial charge >= 0.3 is 0 Å². The zero-order valence-corrected chi connectivity index (χ0v) is 17.6. The molecule has 0 saturated carbocycles. The van der Waals surface area contributed by atoms with Gasteiger partial charge in [-0.1, -0.05) is 62.2 Å². The summed E-state index contributed by atoms with van der Waals surface area (Å²) in [5, 5.41) is 5.76. The summed E-state index contributed by atoms with van der Waals surface area (Å²) in [6.07, 6.45) is 2.05. The number of hydrogen-bond acceptors (Lipinski definition) is 3. The maximum absolute atomic E-state index is 13.1. The lowest BCUT2D eigenvalue weighted by atomic mass is 10.0. The van der Waals surface area contributed by atoms with Gasteiger partial charge in [0.1, 0.15) is 11.7 Å². The molecule has 1 heterocycles. The Morgan fingerprint density at radius 3 is 2.42 bits per heavy atom. The van der Waals surface area contributed by atoms with Gasteiger partial charge < -0.3 is 10.6 Å². The lowest BCUT2D eigenvalue weighted by Crippen LogP contribution is -2.37. The molecule has 1 aromatic heterocycles. The topological polar surface area (TPSA) is 71.1 Å². The van der Waals surface area contributed by atoms with Gasteiger partial charge in [0, 0.05) is 23.9 Å². The summed E-state index contributed by atoms with van der Waals surface area (Å²) in [6, 6.07) is 21.3. The van der Waals surface area contributed by atoms with Gasteiger partial charge in [0.25, 0.3) is 5.91 Å². The minimum absolute atomic E-state index is 0.158. The standard InChI is InChI=1S/C26H25N3O2/c1-19(2)17-24(30)29-25(21-10-4-3-5-11-21)26(31)28-23-13-8-9-20(18-23)14-15-22-12-6-7-16-27-22/h3-13,16,18-19,25H,17H2,1-2H3,(H,28,31)(H,29,30). The monoisotopic (exact) mass is 411 g/mol. The Morgan fingerprint density at radius 1 is 0.935 bits per heavy atom. The third kappa shape index (κ3) is 6.83. The molecule has 0 aliphatic heterocycles. The van der Waals surface area contributed by atoms with Gasteiger partial charge in [-0.05, 0) is 47.7 Å². The summed E-state index contributed by atoms with van der Waals surface area (Å²) in [5.74, 6) is 5.80. The molecular formula is C26H25N3O2. The first kappa shape index (κ1) is 21.8. The van der Waals surface area contributed by atoms with E-state index in [2.05, 4.69) is 27.5 Å². The van der Waals surface area contributed by atoms with Gasteiger partial charge in [0.05, 0.1) is 0 Å². The zero-order valence-electron chi connectivity index (χ0n) is 17.6. The van der Waals surface area contributed by atoms with Crippen LogP contribution in [0, 0.1) is 17.8 Å². The Labute approximate surface area is 182 Å². The normalized spacial score (nSPS) is 11.2. The molecule has 2 aromatic carbocycles. The van der Waals surface area contributed by atoms with Crippen molar-refractivity contribution in [1.82, 2.24) is 10.3 Å². The molecule has 2 N–H and O–H groups in total. The number of hydrogen-bond donors (Lipinski definition) is 2. The van der Waals surface area contributed by atoms with Gasteiger partial charge in [-0.15, -0.1) is 0 Å². The van der Waals surface area contributed by atoms with E-state index in [1.54, 1.807) is 18.3 Å². The highest BCUT2D eigenvalue weighted by molar-refractivity contribution is 5.98. The average Bonchev–Trinajstić information content (AvgIpc) is 2.77. The van der Waals surface area contributed by atoms with Crippen LogP contribution in [0.25, 0.3) is 0 Å². The van der Waals surface area contributed by atoms with Crippen molar-refractivity contribution in [2.24, 2.45) is 5.92 Å². The van der Waals surface area contributed by atoms with E-state index < -0.39 is 6.04 Å². The van der Waals surface area contributed by atoms with Gasteiger partial charge in [0.15, 0.2) is 0 Å². The smallest absolute Gasteiger partial charge is 0.251 e. The van der Waals surface area contributed by atoms with E-state index in [4.69, 9.17) is 0 Å². The summed E-state index contributed by atoms with van der Waals surface area (Å²) < 4.78 is 0. The van der Waals surface area contributed by atoms with Gasteiger partial charge in [-0.2, -0.15) is 0 Å². The molecule has 5 nitrogen and oxygen atoms in total. The number of nitrogens with zero attached hydrogens (tertiary/aromatic N) is 1. The molecular weight excluding hydrogens is 386 g/mol. The first-order valence-electron chi connectivity index (χ1n) is 10.2. The number of carbonyl (C=O) groups is 2. The van der Waals surface area contributed by atoms with Crippen molar-refractivity contribution in [1.29, 1.82) is 0 Å². The van der Waals surface area contributed by atoms with Crippen LogP contribution in [0.15, 0.2) is 79.0 Å². The Balaban J connectivity index is 1.77. The first-order valence-corrected chi connectivity index (χ1v) is 10.2. The maximum atomic E-state index is 13.1. The number of benzene rings is 2. The fourth-order valence-electron chi connectivity index (χ4n) is 3.00. The van der Waals surface area contributed by atoms with Crippen LogP contribution in [0.2, 0.25) is 0 Å². The predicted molar refractivity (Wildman–Crippen MR) is 122 cm³/mol. The Bertz CT molecular complexity index is 1080. The molecule has 2 amide bonds. The fraction of sp³-hybridized carbons (Fsp3) is 0.192. The maximum Gasteiger partial charge on any atom is 0.251 e. The van der Waals surface area contributed by atoms with Crippen molar-refractivity contribution in [2.45, 2.75) is 26.3 Å². The van der Waals surface area contributed by atoms with Crippen molar-refractivity contribution >= 4 is 17.5 Å². The zero-order chi connectivity index (χ0) is 22.1. The van der Waals surface area contributed by atoms with Crippen molar-refractivity contribution in [2.75, 3.05) is 5.32 Å². The highest BCUT2D eigenvalue weighted by atomic mass is 16.2. The number of carbonyl (C=O) groups excluding carboxylic acids is 2. The number of anilines is 1. The number of aromatic nitrogens is 1.